The molecule has 0 aromatic heterocycles. The van der Waals surface area contributed by atoms with E-state index in [2.05, 4.69) is 13.8 Å². The van der Waals surface area contributed by atoms with Gasteiger partial charge in [-0.15, -0.1) is 0 Å². The van der Waals surface area contributed by atoms with E-state index in [1.165, 1.54) is 19.3 Å². The van der Waals surface area contributed by atoms with Crippen molar-refractivity contribution in [2.45, 2.75) is 33.1 Å². The minimum Gasteiger partial charge on any atom is -0.480 e. The Hall–Kier alpha value is -0.570. The summed E-state index contributed by atoms with van der Waals surface area (Å²) in [6, 6.07) is 0. The number of carboxylic acid groups (broad SMARTS) is 1. The average Bonchev–Trinajstić information content (AvgIpc) is 2.15. The maximum atomic E-state index is 10.6. The van der Waals surface area contributed by atoms with Crippen LogP contribution in [0, 0.1) is 23.2 Å². The molecule has 3 aliphatic rings. The summed E-state index contributed by atoms with van der Waals surface area (Å²) in [4.78, 5) is 12.6. The van der Waals surface area contributed by atoms with Crippen LogP contribution in [0.5, 0.6) is 0 Å². The molecule has 0 aliphatic heterocycles. The zero-order chi connectivity index (χ0) is 11.9. The van der Waals surface area contributed by atoms with Gasteiger partial charge in [-0.2, -0.15) is 0 Å². The largest absolute Gasteiger partial charge is 0.480 e. The lowest BCUT2D eigenvalue weighted by Gasteiger charge is -2.60. The third-order valence-electron chi connectivity index (χ3n) is 4.95. The van der Waals surface area contributed by atoms with Crippen molar-refractivity contribution in [3.05, 3.63) is 0 Å². The molecule has 3 aliphatic carbocycles. The molecule has 3 heteroatoms. The van der Waals surface area contributed by atoms with Crippen molar-refractivity contribution < 1.29 is 9.90 Å². The van der Waals surface area contributed by atoms with E-state index in [4.69, 9.17) is 5.11 Å². The first kappa shape index (κ1) is 11.9. The van der Waals surface area contributed by atoms with Crippen molar-refractivity contribution in [3.63, 3.8) is 0 Å². The van der Waals surface area contributed by atoms with Gasteiger partial charge in [0.15, 0.2) is 0 Å². The van der Waals surface area contributed by atoms with E-state index >= 15 is 0 Å². The first-order valence-electron chi connectivity index (χ1n) is 6.31. The van der Waals surface area contributed by atoms with Crippen LogP contribution in [0.25, 0.3) is 0 Å². The monoisotopic (exact) mass is 225 g/mol. The maximum absolute atomic E-state index is 10.6. The average molecular weight is 225 g/mol. The van der Waals surface area contributed by atoms with Crippen LogP contribution in [0.2, 0.25) is 0 Å². The number of aliphatic carboxylic acids is 1. The Balaban J connectivity index is 1.88. The van der Waals surface area contributed by atoms with Gasteiger partial charge in [-0.25, -0.2) is 0 Å². The molecule has 92 valence electrons. The van der Waals surface area contributed by atoms with Gasteiger partial charge in [0.2, 0.25) is 0 Å². The van der Waals surface area contributed by atoms with E-state index < -0.39 is 5.97 Å². The zero-order valence-corrected chi connectivity index (χ0v) is 10.6. The molecule has 3 nitrogen and oxygen atoms in total. The predicted octanol–water partition coefficient (Wildman–Crippen LogP) is 2.08. The van der Waals surface area contributed by atoms with Gasteiger partial charge in [0.05, 0.1) is 6.54 Å². The Bertz CT molecular complexity index is 286. The molecule has 0 aromatic carbocycles. The number of nitrogens with zero attached hydrogens (tertiary/aromatic N) is 1. The second-order valence-electron chi connectivity index (χ2n) is 6.29. The van der Waals surface area contributed by atoms with Gasteiger partial charge in [0.1, 0.15) is 0 Å². The molecule has 3 atom stereocenters. The van der Waals surface area contributed by atoms with Gasteiger partial charge in [-0.3, -0.25) is 9.69 Å². The molecule has 0 spiro atoms. The normalized spacial score (nSPS) is 35.9. The molecule has 0 saturated heterocycles. The molecule has 0 aromatic rings. The van der Waals surface area contributed by atoms with Crippen LogP contribution in [0.15, 0.2) is 0 Å². The van der Waals surface area contributed by atoms with Gasteiger partial charge >= 0.3 is 5.97 Å². The van der Waals surface area contributed by atoms with Gasteiger partial charge in [-0.1, -0.05) is 13.8 Å². The highest BCUT2D eigenvalue weighted by molar-refractivity contribution is 5.68. The minimum atomic E-state index is -0.718. The lowest BCUT2D eigenvalue weighted by Crippen LogP contribution is -2.54. The molecule has 3 unspecified atom stereocenters. The van der Waals surface area contributed by atoms with Crippen molar-refractivity contribution >= 4 is 5.97 Å². The van der Waals surface area contributed by atoms with E-state index in [1.54, 1.807) is 0 Å². The van der Waals surface area contributed by atoms with Crippen LogP contribution < -0.4 is 0 Å². The quantitative estimate of drug-likeness (QED) is 0.796. The molecular formula is C13H23NO2. The Labute approximate surface area is 97.8 Å². The summed E-state index contributed by atoms with van der Waals surface area (Å²) in [5, 5.41) is 8.75. The fourth-order valence-electron chi connectivity index (χ4n) is 3.88. The van der Waals surface area contributed by atoms with Crippen LogP contribution in [0.4, 0.5) is 0 Å². The van der Waals surface area contributed by atoms with Crippen LogP contribution in [-0.2, 0) is 4.79 Å². The molecule has 2 bridgehead atoms. The molecule has 0 amide bonds. The van der Waals surface area contributed by atoms with E-state index in [-0.39, 0.29) is 6.54 Å². The number of fused-ring (bicyclic) bond motifs is 2. The first-order chi connectivity index (χ1) is 7.41. The summed E-state index contributed by atoms with van der Waals surface area (Å²) in [5.41, 5.74) is 0.507. The van der Waals surface area contributed by atoms with Gasteiger partial charge in [0, 0.05) is 6.54 Å². The van der Waals surface area contributed by atoms with E-state index in [0.717, 1.165) is 18.4 Å². The molecule has 3 saturated carbocycles. The Morgan fingerprint density at radius 1 is 1.44 bits per heavy atom. The Morgan fingerprint density at radius 3 is 2.62 bits per heavy atom. The fraction of sp³-hybridized carbons (Fsp3) is 0.923. The Morgan fingerprint density at radius 2 is 2.12 bits per heavy atom. The lowest BCUT2D eigenvalue weighted by atomic mass is 9.45. The predicted molar refractivity (Wildman–Crippen MR) is 63.2 cm³/mol. The third-order valence-corrected chi connectivity index (χ3v) is 4.95. The van der Waals surface area contributed by atoms with Gasteiger partial charge < -0.3 is 5.11 Å². The van der Waals surface area contributed by atoms with E-state index in [1.807, 2.05) is 11.9 Å². The third kappa shape index (κ3) is 1.97. The second kappa shape index (κ2) is 4.02. The highest BCUT2D eigenvalue weighted by atomic mass is 16.4. The Kier molecular flexibility index (Phi) is 2.99. The lowest BCUT2D eigenvalue weighted by molar-refractivity contribution is -0.139. The summed E-state index contributed by atoms with van der Waals surface area (Å²) in [6.45, 7) is 5.89. The number of carboxylic acids is 1. The van der Waals surface area contributed by atoms with Crippen LogP contribution in [0.1, 0.15) is 33.1 Å². The standard InChI is InChI=1S/C13H23NO2/c1-13(2)10-5-4-9(11(13)6-10)7-14(3)8-12(15)16/h9-11H,4-8H2,1-3H3,(H,15,16). The van der Waals surface area contributed by atoms with Gasteiger partial charge in [0.25, 0.3) is 0 Å². The topological polar surface area (TPSA) is 40.5 Å². The maximum Gasteiger partial charge on any atom is 0.317 e. The van der Waals surface area contributed by atoms with Crippen molar-refractivity contribution in [2.24, 2.45) is 23.2 Å². The zero-order valence-electron chi connectivity index (χ0n) is 10.6. The van der Waals surface area contributed by atoms with Crippen molar-refractivity contribution in [3.8, 4) is 0 Å². The molecule has 0 heterocycles. The molecule has 3 rings (SSSR count). The fourth-order valence-corrected chi connectivity index (χ4v) is 3.88. The summed E-state index contributed by atoms with van der Waals surface area (Å²) in [5.74, 6) is 1.74. The van der Waals surface area contributed by atoms with E-state index in [0.29, 0.717) is 11.3 Å². The second-order valence-corrected chi connectivity index (χ2v) is 6.29. The van der Waals surface area contributed by atoms with Crippen molar-refractivity contribution in [2.75, 3.05) is 20.1 Å². The van der Waals surface area contributed by atoms with Crippen LogP contribution in [0.3, 0.4) is 0 Å². The number of rotatable bonds is 4. The summed E-state index contributed by atoms with van der Waals surface area (Å²) in [6.07, 6.45) is 4.01. The smallest absolute Gasteiger partial charge is 0.317 e. The SMILES string of the molecule is CN(CC(=O)O)CC1CCC2CC1C2(C)C. The number of hydrogen-bond donors (Lipinski definition) is 1. The number of likely N-dealkylation sites (N-methyl/N-ethyl adjacent to an activating group) is 1. The highest BCUT2D eigenvalue weighted by Crippen LogP contribution is 2.61. The molecule has 0 radical (unpaired) electrons. The molecule has 3 fully saturated rings. The van der Waals surface area contributed by atoms with E-state index in [9.17, 15) is 4.79 Å². The van der Waals surface area contributed by atoms with Gasteiger partial charge in [-0.05, 0) is 49.5 Å². The molecular weight excluding hydrogens is 202 g/mol. The van der Waals surface area contributed by atoms with Crippen LogP contribution in [-0.4, -0.2) is 36.1 Å². The van der Waals surface area contributed by atoms with Crippen LogP contribution >= 0.6 is 0 Å². The number of hydrogen-bond acceptors (Lipinski definition) is 2. The summed E-state index contributed by atoms with van der Waals surface area (Å²) < 4.78 is 0. The highest BCUT2D eigenvalue weighted by Gasteiger charge is 2.54. The van der Waals surface area contributed by atoms with Crippen molar-refractivity contribution in [1.82, 2.24) is 4.90 Å². The van der Waals surface area contributed by atoms with Crippen molar-refractivity contribution in [1.29, 1.82) is 0 Å². The molecule has 16 heavy (non-hydrogen) atoms. The first-order valence-corrected chi connectivity index (χ1v) is 6.31. The summed E-state index contributed by atoms with van der Waals surface area (Å²) >= 11 is 0. The molecule has 1 N–H and O–H groups in total. The summed E-state index contributed by atoms with van der Waals surface area (Å²) in [7, 11) is 1.92. The number of carbonyl (C=O) groups is 1. The minimum absolute atomic E-state index is 0.174.